The summed E-state index contributed by atoms with van der Waals surface area (Å²) in [7, 11) is 0. The molecule has 0 aromatic heterocycles. The van der Waals surface area contributed by atoms with Crippen LogP contribution in [-0.2, 0) is 0 Å². The number of hydrogen-bond donors (Lipinski definition) is 1. The van der Waals surface area contributed by atoms with Crippen LogP contribution >= 0.6 is 0 Å². The number of rotatable bonds is 7. The first kappa shape index (κ1) is 13.4. The van der Waals surface area contributed by atoms with Gasteiger partial charge >= 0.3 is 0 Å². The van der Waals surface area contributed by atoms with E-state index in [1.165, 1.54) is 64.6 Å². The molecule has 0 radical (unpaired) electrons. The van der Waals surface area contributed by atoms with Gasteiger partial charge in [0.05, 0.1) is 0 Å². The van der Waals surface area contributed by atoms with Crippen LogP contribution in [0.2, 0.25) is 0 Å². The molecule has 100 valence electrons. The SMILES string of the molecule is CCCNC(CN1CCCCC1CC)C1CC1. The Hall–Kier alpha value is -0.0800. The minimum Gasteiger partial charge on any atom is -0.312 e. The van der Waals surface area contributed by atoms with Gasteiger partial charge in [0, 0.05) is 18.6 Å². The molecule has 1 saturated heterocycles. The summed E-state index contributed by atoms with van der Waals surface area (Å²) in [6, 6.07) is 1.65. The smallest absolute Gasteiger partial charge is 0.0223 e. The monoisotopic (exact) mass is 238 g/mol. The maximum absolute atomic E-state index is 3.78. The van der Waals surface area contributed by atoms with Crippen molar-refractivity contribution in [3.05, 3.63) is 0 Å². The summed E-state index contributed by atoms with van der Waals surface area (Å²) in [6.07, 6.45) is 9.83. The third kappa shape index (κ3) is 3.96. The zero-order chi connectivity index (χ0) is 12.1. The van der Waals surface area contributed by atoms with Crippen molar-refractivity contribution in [2.45, 2.75) is 70.9 Å². The van der Waals surface area contributed by atoms with Crippen molar-refractivity contribution < 1.29 is 0 Å². The summed E-state index contributed by atoms with van der Waals surface area (Å²) in [6.45, 7) is 8.48. The highest BCUT2D eigenvalue weighted by atomic mass is 15.2. The highest BCUT2D eigenvalue weighted by molar-refractivity contribution is 4.90. The van der Waals surface area contributed by atoms with Gasteiger partial charge in [-0.15, -0.1) is 0 Å². The van der Waals surface area contributed by atoms with Crippen molar-refractivity contribution in [3.8, 4) is 0 Å². The second kappa shape index (κ2) is 6.75. The van der Waals surface area contributed by atoms with E-state index in [4.69, 9.17) is 0 Å². The Morgan fingerprint density at radius 2 is 2.00 bits per heavy atom. The van der Waals surface area contributed by atoms with Crippen molar-refractivity contribution in [2.75, 3.05) is 19.6 Å². The fourth-order valence-corrected chi connectivity index (χ4v) is 3.22. The maximum atomic E-state index is 3.78. The fraction of sp³-hybridized carbons (Fsp3) is 1.00. The molecule has 2 nitrogen and oxygen atoms in total. The minimum atomic E-state index is 0.780. The molecule has 2 unspecified atom stereocenters. The first-order valence-electron chi connectivity index (χ1n) is 7.82. The Bertz CT molecular complexity index is 213. The van der Waals surface area contributed by atoms with E-state index in [2.05, 4.69) is 24.1 Å². The van der Waals surface area contributed by atoms with Crippen LogP contribution in [0, 0.1) is 5.92 Å². The second-order valence-corrected chi connectivity index (χ2v) is 5.95. The van der Waals surface area contributed by atoms with Crippen LogP contribution in [0.5, 0.6) is 0 Å². The number of likely N-dealkylation sites (tertiary alicyclic amines) is 1. The van der Waals surface area contributed by atoms with E-state index in [0.29, 0.717) is 0 Å². The average molecular weight is 238 g/mol. The Balaban J connectivity index is 1.82. The van der Waals surface area contributed by atoms with E-state index in [1.54, 1.807) is 0 Å². The second-order valence-electron chi connectivity index (χ2n) is 5.95. The van der Waals surface area contributed by atoms with Crippen LogP contribution in [0.1, 0.15) is 58.8 Å². The molecule has 17 heavy (non-hydrogen) atoms. The van der Waals surface area contributed by atoms with Crippen molar-refractivity contribution in [1.29, 1.82) is 0 Å². The topological polar surface area (TPSA) is 15.3 Å². The summed E-state index contributed by atoms with van der Waals surface area (Å²) in [4.78, 5) is 2.77. The van der Waals surface area contributed by atoms with Crippen molar-refractivity contribution >= 4 is 0 Å². The molecule has 1 saturated carbocycles. The number of hydrogen-bond acceptors (Lipinski definition) is 2. The molecule has 2 fully saturated rings. The normalized spacial score (nSPS) is 28.2. The Kier molecular flexibility index (Phi) is 5.30. The van der Waals surface area contributed by atoms with Gasteiger partial charge in [-0.1, -0.05) is 20.3 Å². The van der Waals surface area contributed by atoms with Gasteiger partial charge in [-0.25, -0.2) is 0 Å². The lowest BCUT2D eigenvalue weighted by Crippen LogP contribution is -2.48. The van der Waals surface area contributed by atoms with Gasteiger partial charge in [0.15, 0.2) is 0 Å². The van der Waals surface area contributed by atoms with Gasteiger partial charge in [0.1, 0.15) is 0 Å². The molecule has 0 amide bonds. The van der Waals surface area contributed by atoms with Gasteiger partial charge in [0.2, 0.25) is 0 Å². The maximum Gasteiger partial charge on any atom is 0.0223 e. The molecule has 1 heterocycles. The predicted octanol–water partition coefficient (Wildman–Crippen LogP) is 3.03. The van der Waals surface area contributed by atoms with Crippen molar-refractivity contribution in [3.63, 3.8) is 0 Å². The standard InChI is InChI=1S/C15H30N2/c1-3-10-16-15(13-8-9-13)12-17-11-6-5-7-14(17)4-2/h13-16H,3-12H2,1-2H3. The molecule has 0 aromatic rings. The van der Waals surface area contributed by atoms with Crippen LogP contribution in [0.4, 0.5) is 0 Å². The molecule has 2 heteroatoms. The van der Waals surface area contributed by atoms with Gasteiger partial charge < -0.3 is 5.32 Å². The van der Waals surface area contributed by atoms with Crippen LogP contribution in [0.15, 0.2) is 0 Å². The summed E-state index contributed by atoms with van der Waals surface area (Å²) >= 11 is 0. The lowest BCUT2D eigenvalue weighted by Gasteiger charge is -2.38. The van der Waals surface area contributed by atoms with Crippen LogP contribution < -0.4 is 5.32 Å². The number of nitrogens with zero attached hydrogens (tertiary/aromatic N) is 1. The van der Waals surface area contributed by atoms with E-state index >= 15 is 0 Å². The molecule has 2 rings (SSSR count). The first-order chi connectivity index (χ1) is 8.35. The minimum absolute atomic E-state index is 0.780. The number of nitrogens with one attached hydrogen (secondary N) is 1. The molecule has 1 N–H and O–H groups in total. The summed E-state index contributed by atoms with van der Waals surface area (Å²) < 4.78 is 0. The van der Waals surface area contributed by atoms with Gasteiger partial charge in [0.25, 0.3) is 0 Å². The Morgan fingerprint density at radius 3 is 2.65 bits per heavy atom. The van der Waals surface area contributed by atoms with E-state index < -0.39 is 0 Å². The summed E-state index contributed by atoms with van der Waals surface area (Å²) in [5.74, 6) is 0.987. The Labute approximate surface area is 107 Å². The highest BCUT2D eigenvalue weighted by Crippen LogP contribution is 2.34. The van der Waals surface area contributed by atoms with Crippen LogP contribution in [-0.4, -0.2) is 36.6 Å². The molecular weight excluding hydrogens is 208 g/mol. The number of piperidine rings is 1. The highest BCUT2D eigenvalue weighted by Gasteiger charge is 2.33. The lowest BCUT2D eigenvalue weighted by molar-refractivity contribution is 0.125. The lowest BCUT2D eigenvalue weighted by atomic mass is 9.98. The fourth-order valence-electron chi connectivity index (χ4n) is 3.22. The largest absolute Gasteiger partial charge is 0.312 e. The van der Waals surface area contributed by atoms with Gasteiger partial charge in [-0.2, -0.15) is 0 Å². The molecular formula is C15H30N2. The zero-order valence-corrected chi connectivity index (χ0v) is 11.8. The molecule has 0 spiro atoms. The third-order valence-corrected chi connectivity index (χ3v) is 4.50. The third-order valence-electron chi connectivity index (χ3n) is 4.50. The Morgan fingerprint density at radius 1 is 1.18 bits per heavy atom. The van der Waals surface area contributed by atoms with E-state index in [-0.39, 0.29) is 0 Å². The van der Waals surface area contributed by atoms with E-state index in [0.717, 1.165) is 18.0 Å². The predicted molar refractivity (Wildman–Crippen MR) is 74.3 cm³/mol. The molecule has 0 bridgehead atoms. The molecule has 2 atom stereocenters. The van der Waals surface area contributed by atoms with E-state index in [9.17, 15) is 0 Å². The van der Waals surface area contributed by atoms with Crippen molar-refractivity contribution in [2.24, 2.45) is 5.92 Å². The molecule has 0 aromatic carbocycles. The quantitative estimate of drug-likeness (QED) is 0.733. The molecule has 1 aliphatic heterocycles. The average Bonchev–Trinajstić information content (AvgIpc) is 3.19. The van der Waals surface area contributed by atoms with E-state index in [1.807, 2.05) is 0 Å². The van der Waals surface area contributed by atoms with Gasteiger partial charge in [-0.3, -0.25) is 4.90 Å². The molecule has 2 aliphatic rings. The summed E-state index contributed by atoms with van der Waals surface area (Å²) in [5.41, 5.74) is 0. The van der Waals surface area contributed by atoms with Crippen molar-refractivity contribution in [1.82, 2.24) is 10.2 Å². The van der Waals surface area contributed by atoms with Gasteiger partial charge in [-0.05, 0) is 57.5 Å². The first-order valence-corrected chi connectivity index (χ1v) is 7.82. The zero-order valence-electron chi connectivity index (χ0n) is 11.8. The van der Waals surface area contributed by atoms with Crippen LogP contribution in [0.25, 0.3) is 0 Å². The molecule has 1 aliphatic carbocycles. The summed E-state index contributed by atoms with van der Waals surface area (Å²) in [5, 5.41) is 3.78. The van der Waals surface area contributed by atoms with Crippen LogP contribution in [0.3, 0.4) is 0 Å².